The van der Waals surface area contributed by atoms with Crippen LogP contribution in [0.1, 0.15) is 57.2 Å². The molecular formula is C20H28N2O4. The number of aliphatic carboxylic acids is 1. The van der Waals surface area contributed by atoms with Crippen molar-refractivity contribution in [3.05, 3.63) is 29.5 Å². The van der Waals surface area contributed by atoms with Gasteiger partial charge in [-0.2, -0.15) is 0 Å². The molecule has 1 aromatic carbocycles. The van der Waals surface area contributed by atoms with E-state index in [-0.39, 0.29) is 5.91 Å². The van der Waals surface area contributed by atoms with Gasteiger partial charge in [0.15, 0.2) is 5.54 Å². The van der Waals surface area contributed by atoms with E-state index in [1.807, 2.05) is 25.1 Å². The smallest absolute Gasteiger partial charge is 0.334 e. The minimum atomic E-state index is -1.46. The third kappa shape index (κ3) is 3.84. The van der Waals surface area contributed by atoms with Crippen LogP contribution in [0.5, 0.6) is 5.75 Å². The number of hydrogen-bond acceptors (Lipinski definition) is 3. The lowest BCUT2D eigenvalue weighted by atomic mass is 9.82. The van der Waals surface area contributed by atoms with Crippen molar-refractivity contribution >= 4 is 22.8 Å². The molecule has 2 rings (SSSR count). The molecule has 142 valence electrons. The van der Waals surface area contributed by atoms with Crippen LogP contribution >= 0.6 is 0 Å². The fourth-order valence-electron chi connectivity index (χ4n) is 3.62. The average molecular weight is 360 g/mol. The third-order valence-corrected chi connectivity index (χ3v) is 4.78. The van der Waals surface area contributed by atoms with Crippen LogP contribution in [0.3, 0.4) is 0 Å². The first-order valence-corrected chi connectivity index (χ1v) is 9.04. The summed E-state index contributed by atoms with van der Waals surface area (Å²) in [5.41, 5.74) is 0.696. The van der Waals surface area contributed by atoms with Crippen molar-refractivity contribution in [1.29, 1.82) is 0 Å². The van der Waals surface area contributed by atoms with Gasteiger partial charge >= 0.3 is 5.97 Å². The topological polar surface area (TPSA) is 91.4 Å². The first-order chi connectivity index (χ1) is 12.4. The highest BCUT2D eigenvalue weighted by Crippen LogP contribution is 2.37. The number of unbranched alkanes of at least 4 members (excludes halogenated alkanes) is 3. The van der Waals surface area contributed by atoms with Crippen molar-refractivity contribution in [2.24, 2.45) is 0 Å². The average Bonchev–Trinajstić information content (AvgIpc) is 2.92. The minimum absolute atomic E-state index is 0.340. The monoisotopic (exact) mass is 360 g/mol. The number of carboxylic acid groups (broad SMARTS) is 1. The highest BCUT2D eigenvalue weighted by atomic mass is 16.5. The maximum Gasteiger partial charge on any atom is 0.334 e. The number of carboxylic acids is 1. The van der Waals surface area contributed by atoms with Crippen LogP contribution in [-0.4, -0.2) is 29.1 Å². The van der Waals surface area contributed by atoms with Gasteiger partial charge < -0.3 is 20.1 Å². The summed E-state index contributed by atoms with van der Waals surface area (Å²) >= 11 is 0. The van der Waals surface area contributed by atoms with E-state index in [0.717, 1.165) is 42.3 Å². The molecule has 0 aliphatic rings. The zero-order chi connectivity index (χ0) is 19.3. The molecule has 0 aliphatic carbocycles. The summed E-state index contributed by atoms with van der Waals surface area (Å²) in [6, 6.07) is 5.51. The number of hydrogen-bond donors (Lipinski definition) is 3. The molecule has 1 atom stereocenters. The van der Waals surface area contributed by atoms with Gasteiger partial charge in [0, 0.05) is 29.1 Å². The van der Waals surface area contributed by atoms with Crippen molar-refractivity contribution < 1.29 is 19.4 Å². The van der Waals surface area contributed by atoms with Crippen LogP contribution < -0.4 is 10.1 Å². The van der Waals surface area contributed by atoms with Gasteiger partial charge in [0.25, 0.3) is 0 Å². The molecule has 0 fully saturated rings. The first-order valence-electron chi connectivity index (χ1n) is 9.04. The van der Waals surface area contributed by atoms with Crippen molar-refractivity contribution in [3.8, 4) is 5.75 Å². The lowest BCUT2D eigenvalue weighted by Crippen LogP contribution is -2.51. The van der Waals surface area contributed by atoms with Gasteiger partial charge in [0.1, 0.15) is 5.75 Å². The van der Waals surface area contributed by atoms with Crippen LogP contribution in [0.15, 0.2) is 18.2 Å². The van der Waals surface area contributed by atoms with Gasteiger partial charge in [0.2, 0.25) is 5.91 Å². The Hall–Kier alpha value is -2.50. The number of H-pyrrole nitrogens is 1. The van der Waals surface area contributed by atoms with Crippen molar-refractivity contribution in [1.82, 2.24) is 10.3 Å². The predicted octanol–water partition coefficient (Wildman–Crippen LogP) is 3.87. The number of aromatic nitrogens is 1. The fraction of sp³-hybridized carbons (Fsp3) is 0.500. The molecular weight excluding hydrogens is 332 g/mol. The van der Waals surface area contributed by atoms with Crippen LogP contribution in [0.4, 0.5) is 0 Å². The first kappa shape index (κ1) is 19.8. The number of rotatable bonds is 9. The largest absolute Gasteiger partial charge is 0.497 e. The van der Waals surface area contributed by atoms with Crippen molar-refractivity contribution in [2.45, 2.75) is 58.4 Å². The van der Waals surface area contributed by atoms with Gasteiger partial charge in [-0.15, -0.1) is 0 Å². The molecule has 0 saturated heterocycles. The Morgan fingerprint density at radius 2 is 2.00 bits per heavy atom. The van der Waals surface area contributed by atoms with Gasteiger partial charge in [-0.25, -0.2) is 4.79 Å². The number of carbonyl (C=O) groups excluding carboxylic acids is 1. The number of ether oxygens (including phenoxy) is 1. The van der Waals surface area contributed by atoms with E-state index in [4.69, 9.17) is 4.74 Å². The van der Waals surface area contributed by atoms with Gasteiger partial charge in [-0.1, -0.05) is 32.6 Å². The van der Waals surface area contributed by atoms with E-state index in [9.17, 15) is 14.7 Å². The Bertz CT molecular complexity index is 796. The van der Waals surface area contributed by atoms with Gasteiger partial charge in [-0.05, 0) is 31.5 Å². The molecule has 3 N–H and O–H groups in total. The summed E-state index contributed by atoms with van der Waals surface area (Å²) in [5, 5.41) is 13.7. The number of nitrogens with one attached hydrogen (secondary N) is 2. The van der Waals surface area contributed by atoms with Gasteiger partial charge in [0.05, 0.1) is 7.11 Å². The van der Waals surface area contributed by atoms with Crippen LogP contribution in [-0.2, 0) is 15.1 Å². The molecule has 26 heavy (non-hydrogen) atoms. The SMILES string of the molecule is CCCCCCC(NC(C)=O)(C(=O)O)c1c(C)[nH]c2ccc(OC)cc12. The number of amides is 1. The zero-order valence-corrected chi connectivity index (χ0v) is 15.9. The number of benzene rings is 1. The summed E-state index contributed by atoms with van der Waals surface area (Å²) in [5.74, 6) is -0.763. The van der Waals surface area contributed by atoms with Crippen LogP contribution in [0, 0.1) is 6.92 Å². The Kier molecular flexibility index (Phi) is 6.29. The molecule has 1 unspecified atom stereocenters. The fourth-order valence-corrected chi connectivity index (χ4v) is 3.62. The Morgan fingerprint density at radius 3 is 2.58 bits per heavy atom. The molecule has 1 heterocycles. The molecule has 0 saturated carbocycles. The quantitative estimate of drug-likeness (QED) is 0.592. The maximum absolute atomic E-state index is 12.4. The highest BCUT2D eigenvalue weighted by Gasteiger charge is 2.44. The van der Waals surface area contributed by atoms with Crippen LogP contribution in [0.25, 0.3) is 10.9 Å². The highest BCUT2D eigenvalue weighted by molar-refractivity contribution is 5.96. The second kappa shape index (κ2) is 8.25. The molecule has 0 aliphatic heterocycles. The zero-order valence-electron chi connectivity index (χ0n) is 15.9. The van der Waals surface area contributed by atoms with Crippen LogP contribution in [0.2, 0.25) is 0 Å². The second-order valence-corrected chi connectivity index (χ2v) is 6.74. The van der Waals surface area contributed by atoms with E-state index < -0.39 is 11.5 Å². The Morgan fingerprint density at radius 1 is 1.27 bits per heavy atom. The third-order valence-electron chi connectivity index (χ3n) is 4.78. The number of methoxy groups -OCH3 is 1. The summed E-state index contributed by atoms with van der Waals surface area (Å²) in [7, 11) is 1.57. The number of carbonyl (C=O) groups is 2. The molecule has 0 radical (unpaired) electrons. The van der Waals surface area contributed by atoms with Crippen molar-refractivity contribution in [2.75, 3.05) is 7.11 Å². The van der Waals surface area contributed by atoms with E-state index in [1.54, 1.807) is 7.11 Å². The van der Waals surface area contributed by atoms with Gasteiger partial charge in [-0.3, -0.25) is 4.79 Å². The summed E-state index contributed by atoms with van der Waals surface area (Å²) in [6.07, 6.45) is 4.08. The van der Waals surface area contributed by atoms with Crippen molar-refractivity contribution in [3.63, 3.8) is 0 Å². The molecule has 6 nitrogen and oxygen atoms in total. The summed E-state index contributed by atoms with van der Waals surface area (Å²) < 4.78 is 5.31. The predicted molar refractivity (Wildman–Crippen MR) is 101 cm³/mol. The van der Waals surface area contributed by atoms with E-state index in [1.165, 1.54) is 6.92 Å². The minimum Gasteiger partial charge on any atom is -0.497 e. The normalized spacial score (nSPS) is 13.4. The molecule has 0 bridgehead atoms. The molecule has 6 heteroatoms. The molecule has 0 spiro atoms. The Labute approximate surface area is 153 Å². The summed E-state index contributed by atoms with van der Waals surface area (Å²) in [4.78, 5) is 27.6. The van der Waals surface area contributed by atoms with E-state index in [0.29, 0.717) is 17.7 Å². The number of aromatic amines is 1. The van der Waals surface area contributed by atoms with E-state index >= 15 is 0 Å². The molecule has 2 aromatic rings. The number of fused-ring (bicyclic) bond motifs is 1. The molecule has 1 amide bonds. The summed E-state index contributed by atoms with van der Waals surface area (Å²) in [6.45, 7) is 5.30. The molecule has 1 aromatic heterocycles. The number of aryl methyl sites for hydroxylation is 1. The van der Waals surface area contributed by atoms with E-state index in [2.05, 4.69) is 17.2 Å². The lowest BCUT2D eigenvalue weighted by molar-refractivity contribution is -0.148. The lowest BCUT2D eigenvalue weighted by Gasteiger charge is -2.31. The second-order valence-electron chi connectivity index (χ2n) is 6.74. The maximum atomic E-state index is 12.4. The standard InChI is InChI=1S/C20H28N2O4/c1-5-6-7-8-11-20(19(24)25,22-14(3)23)18-13(2)21-17-10-9-15(26-4)12-16(17)18/h9-10,12,21H,5-8,11H2,1-4H3,(H,22,23)(H,24,25). The Balaban J connectivity index is 2.63.